The maximum absolute atomic E-state index is 5.89. The molecule has 1 aromatic rings. The van der Waals surface area contributed by atoms with Gasteiger partial charge in [-0.2, -0.15) is 0 Å². The van der Waals surface area contributed by atoms with Crippen LogP contribution < -0.4 is 5.32 Å². The van der Waals surface area contributed by atoms with Crippen LogP contribution in [0.1, 0.15) is 24.8 Å². The first-order chi connectivity index (χ1) is 11.8. The predicted molar refractivity (Wildman–Crippen MR) is 94.9 cm³/mol. The van der Waals surface area contributed by atoms with Gasteiger partial charge in [0.25, 0.3) is 0 Å². The Morgan fingerprint density at radius 1 is 1.17 bits per heavy atom. The third kappa shape index (κ3) is 3.38. The molecule has 1 aliphatic carbocycles. The highest BCUT2D eigenvalue weighted by atomic mass is 16.5. The summed E-state index contributed by atoms with van der Waals surface area (Å²) in [5, 5.41) is 3.96. The Hall–Kier alpha value is -0.940. The molecular formula is C20H30N2O2. The molecule has 132 valence electrons. The van der Waals surface area contributed by atoms with E-state index in [1.54, 1.807) is 7.11 Å². The van der Waals surface area contributed by atoms with Crippen LogP contribution in [0.4, 0.5) is 0 Å². The Balaban J connectivity index is 1.26. The normalized spacial score (nSPS) is 34.0. The lowest BCUT2D eigenvalue weighted by Gasteiger charge is -2.50. The Bertz CT molecular complexity index is 516. The van der Waals surface area contributed by atoms with Crippen LogP contribution in [0.5, 0.6) is 0 Å². The fourth-order valence-corrected chi connectivity index (χ4v) is 4.84. The van der Waals surface area contributed by atoms with Crippen molar-refractivity contribution < 1.29 is 9.47 Å². The molecule has 4 nitrogen and oxygen atoms in total. The van der Waals surface area contributed by atoms with E-state index in [-0.39, 0.29) is 0 Å². The quantitative estimate of drug-likeness (QED) is 0.868. The lowest BCUT2D eigenvalue weighted by atomic mass is 9.66. The molecule has 1 saturated carbocycles. The molecule has 3 fully saturated rings. The zero-order valence-electron chi connectivity index (χ0n) is 14.7. The van der Waals surface area contributed by atoms with Gasteiger partial charge in [0.05, 0.1) is 12.7 Å². The Labute approximate surface area is 145 Å². The summed E-state index contributed by atoms with van der Waals surface area (Å²) in [7, 11) is 1.81. The maximum Gasteiger partial charge on any atom is 0.0684 e. The van der Waals surface area contributed by atoms with Gasteiger partial charge < -0.3 is 14.8 Å². The molecule has 0 unspecified atom stereocenters. The van der Waals surface area contributed by atoms with Gasteiger partial charge >= 0.3 is 0 Å². The highest BCUT2D eigenvalue weighted by molar-refractivity contribution is 5.14. The smallest absolute Gasteiger partial charge is 0.0684 e. The number of benzene rings is 1. The highest BCUT2D eigenvalue weighted by Crippen LogP contribution is 2.44. The second-order valence-electron chi connectivity index (χ2n) is 7.64. The zero-order chi connectivity index (χ0) is 16.4. The summed E-state index contributed by atoms with van der Waals surface area (Å²) in [6.45, 7) is 5.23. The van der Waals surface area contributed by atoms with Crippen molar-refractivity contribution in [1.82, 2.24) is 10.2 Å². The highest BCUT2D eigenvalue weighted by Gasteiger charge is 2.53. The van der Waals surface area contributed by atoms with Crippen molar-refractivity contribution in [1.29, 1.82) is 0 Å². The van der Waals surface area contributed by atoms with Gasteiger partial charge in [-0.25, -0.2) is 0 Å². The van der Waals surface area contributed by atoms with Crippen molar-refractivity contribution >= 4 is 0 Å². The minimum absolute atomic E-state index is 0.445. The fraction of sp³-hybridized carbons (Fsp3) is 0.700. The lowest BCUT2D eigenvalue weighted by Crippen LogP contribution is -2.64. The number of fused-ring (bicyclic) bond motifs is 1. The Kier molecular flexibility index (Phi) is 5.18. The molecule has 4 heteroatoms. The lowest BCUT2D eigenvalue weighted by molar-refractivity contribution is -0.0882. The van der Waals surface area contributed by atoms with E-state index >= 15 is 0 Å². The van der Waals surface area contributed by atoms with E-state index in [1.807, 2.05) is 0 Å². The summed E-state index contributed by atoms with van der Waals surface area (Å²) in [6, 6.07) is 12.1. The van der Waals surface area contributed by atoms with Gasteiger partial charge in [0.1, 0.15) is 0 Å². The van der Waals surface area contributed by atoms with E-state index in [1.165, 1.54) is 37.9 Å². The van der Waals surface area contributed by atoms with Crippen LogP contribution >= 0.6 is 0 Å². The monoisotopic (exact) mass is 330 g/mol. The van der Waals surface area contributed by atoms with Crippen molar-refractivity contribution in [2.45, 2.75) is 44.0 Å². The number of nitrogens with zero attached hydrogens (tertiary/aromatic N) is 1. The molecule has 0 aromatic heterocycles. The van der Waals surface area contributed by atoms with Crippen LogP contribution in [0.3, 0.4) is 0 Å². The van der Waals surface area contributed by atoms with Gasteiger partial charge in [0, 0.05) is 44.2 Å². The number of ether oxygens (including phenoxy) is 2. The number of methoxy groups -OCH3 is 1. The molecule has 0 amide bonds. The molecule has 2 saturated heterocycles. The standard InChI is InChI=1S/C20H30N2O2/c1-23-14-18-19(17-9-12-24-20(17)18)21-16-7-10-22(11-8-16)13-15-5-3-2-4-6-15/h2-6,16-21H,7-14H2,1H3/t17-,18+,19-,20-/m0/s1. The van der Waals surface area contributed by atoms with Gasteiger partial charge in [0.15, 0.2) is 0 Å². The van der Waals surface area contributed by atoms with Crippen LogP contribution in [0.25, 0.3) is 0 Å². The van der Waals surface area contributed by atoms with E-state index in [0.29, 0.717) is 30.0 Å². The summed E-state index contributed by atoms with van der Waals surface area (Å²) in [4.78, 5) is 2.59. The molecule has 1 aromatic carbocycles. The Morgan fingerprint density at radius 3 is 2.71 bits per heavy atom. The van der Waals surface area contributed by atoms with Crippen LogP contribution in [-0.4, -0.2) is 56.5 Å². The first-order valence-electron chi connectivity index (χ1n) is 9.48. The SMILES string of the molecule is COC[C@@H]1[C@@H](NC2CCN(Cc3ccccc3)CC2)[C@@H]2CCO[C@H]12. The summed E-state index contributed by atoms with van der Waals surface area (Å²) in [6.07, 6.45) is 4.17. The minimum atomic E-state index is 0.445. The summed E-state index contributed by atoms with van der Waals surface area (Å²) >= 11 is 0. The summed E-state index contributed by atoms with van der Waals surface area (Å²) < 4.78 is 11.3. The number of hydrogen-bond acceptors (Lipinski definition) is 4. The number of nitrogens with one attached hydrogen (secondary N) is 1. The molecule has 0 spiro atoms. The number of piperidine rings is 1. The first-order valence-corrected chi connectivity index (χ1v) is 9.48. The molecule has 1 N–H and O–H groups in total. The fourth-order valence-electron chi connectivity index (χ4n) is 4.84. The van der Waals surface area contributed by atoms with Crippen molar-refractivity contribution in [3.63, 3.8) is 0 Å². The summed E-state index contributed by atoms with van der Waals surface area (Å²) in [5.74, 6) is 1.26. The number of hydrogen-bond donors (Lipinski definition) is 1. The van der Waals surface area contributed by atoms with Crippen molar-refractivity contribution in [2.75, 3.05) is 33.4 Å². The van der Waals surface area contributed by atoms with E-state index in [2.05, 4.69) is 40.5 Å². The molecule has 4 atom stereocenters. The van der Waals surface area contributed by atoms with E-state index < -0.39 is 0 Å². The van der Waals surface area contributed by atoms with E-state index in [0.717, 1.165) is 19.8 Å². The maximum atomic E-state index is 5.89. The van der Waals surface area contributed by atoms with Crippen LogP contribution in [-0.2, 0) is 16.0 Å². The topological polar surface area (TPSA) is 33.7 Å². The molecule has 0 bridgehead atoms. The third-order valence-corrected chi connectivity index (χ3v) is 6.15. The van der Waals surface area contributed by atoms with Crippen molar-refractivity contribution in [3.8, 4) is 0 Å². The van der Waals surface area contributed by atoms with Gasteiger partial charge in [0.2, 0.25) is 0 Å². The molecule has 4 rings (SSSR count). The van der Waals surface area contributed by atoms with Crippen LogP contribution in [0, 0.1) is 11.8 Å². The van der Waals surface area contributed by atoms with E-state index in [4.69, 9.17) is 9.47 Å². The van der Waals surface area contributed by atoms with Gasteiger partial charge in [-0.3, -0.25) is 4.90 Å². The average Bonchev–Trinajstić information content (AvgIpc) is 3.04. The van der Waals surface area contributed by atoms with Gasteiger partial charge in [-0.1, -0.05) is 30.3 Å². The van der Waals surface area contributed by atoms with Crippen LogP contribution in [0.15, 0.2) is 30.3 Å². The van der Waals surface area contributed by atoms with Crippen molar-refractivity contribution in [2.24, 2.45) is 11.8 Å². The molecule has 2 aliphatic heterocycles. The second-order valence-corrected chi connectivity index (χ2v) is 7.64. The van der Waals surface area contributed by atoms with Gasteiger partial charge in [-0.05, 0) is 37.9 Å². The molecule has 24 heavy (non-hydrogen) atoms. The second kappa shape index (κ2) is 7.52. The van der Waals surface area contributed by atoms with Gasteiger partial charge in [-0.15, -0.1) is 0 Å². The van der Waals surface area contributed by atoms with Crippen molar-refractivity contribution in [3.05, 3.63) is 35.9 Å². The predicted octanol–water partition coefficient (Wildman–Crippen LogP) is 2.29. The zero-order valence-corrected chi connectivity index (χ0v) is 14.7. The number of likely N-dealkylation sites (tertiary alicyclic amines) is 1. The molecule has 0 radical (unpaired) electrons. The number of rotatable bonds is 6. The largest absolute Gasteiger partial charge is 0.384 e. The van der Waals surface area contributed by atoms with E-state index in [9.17, 15) is 0 Å². The minimum Gasteiger partial charge on any atom is -0.384 e. The molecule has 3 aliphatic rings. The average molecular weight is 330 g/mol. The molecule has 2 heterocycles. The first kappa shape index (κ1) is 16.5. The van der Waals surface area contributed by atoms with Crippen LogP contribution in [0.2, 0.25) is 0 Å². The Morgan fingerprint density at radius 2 is 1.96 bits per heavy atom. The molecular weight excluding hydrogens is 300 g/mol. The third-order valence-electron chi connectivity index (χ3n) is 6.15. The summed E-state index contributed by atoms with van der Waals surface area (Å²) in [5.41, 5.74) is 1.43.